The van der Waals surface area contributed by atoms with Crippen molar-refractivity contribution in [2.24, 2.45) is 0 Å². The largest absolute Gasteiger partial charge is 0.249 e. The van der Waals surface area contributed by atoms with Gasteiger partial charge in [-0.2, -0.15) is 0 Å². The average Bonchev–Trinajstić information content (AvgIpc) is 2.74. The van der Waals surface area contributed by atoms with Crippen LogP contribution in [0.1, 0.15) is 5.69 Å². The van der Waals surface area contributed by atoms with E-state index in [0.29, 0.717) is 0 Å². The van der Waals surface area contributed by atoms with Crippen molar-refractivity contribution in [2.45, 2.75) is 6.92 Å². The smallest absolute Gasteiger partial charge is 0.0969 e. The van der Waals surface area contributed by atoms with Crippen molar-refractivity contribution >= 4 is 21.8 Å². The molecular weight excluding hydrogens is 328 g/mol. The molecule has 0 saturated heterocycles. The molecule has 0 aliphatic heterocycles. The summed E-state index contributed by atoms with van der Waals surface area (Å²) in [5.74, 6) is 0. The van der Waals surface area contributed by atoms with Crippen molar-refractivity contribution in [1.82, 2.24) is 9.97 Å². The molecule has 0 saturated carbocycles. The molecular formula is C25H18N2. The molecule has 1 heterocycles. The number of benzene rings is 4. The first-order valence-corrected chi connectivity index (χ1v) is 9.12. The third kappa shape index (κ3) is 2.67. The lowest BCUT2D eigenvalue weighted by atomic mass is 9.97. The van der Waals surface area contributed by atoms with Crippen LogP contribution in [0.2, 0.25) is 0 Å². The van der Waals surface area contributed by atoms with Crippen LogP contribution in [0.4, 0.5) is 0 Å². The summed E-state index contributed by atoms with van der Waals surface area (Å²) >= 11 is 0. The van der Waals surface area contributed by atoms with Crippen molar-refractivity contribution in [1.29, 1.82) is 0 Å². The molecule has 1 aromatic heterocycles. The molecule has 4 aromatic carbocycles. The maximum Gasteiger partial charge on any atom is 0.0969 e. The van der Waals surface area contributed by atoms with Gasteiger partial charge in [0.15, 0.2) is 0 Å². The number of nitrogens with zero attached hydrogens (tertiary/aromatic N) is 2. The minimum absolute atomic E-state index is 0.928. The van der Waals surface area contributed by atoms with Gasteiger partial charge in [-0.05, 0) is 29.5 Å². The molecule has 2 heteroatoms. The fourth-order valence-electron chi connectivity index (χ4n) is 3.70. The van der Waals surface area contributed by atoms with E-state index >= 15 is 0 Å². The normalized spacial score (nSPS) is 11.1. The first-order chi connectivity index (χ1) is 13.3. The van der Waals surface area contributed by atoms with Gasteiger partial charge in [0.1, 0.15) is 0 Å². The molecule has 0 bridgehead atoms. The molecule has 0 unspecified atom stereocenters. The lowest BCUT2D eigenvalue weighted by Crippen LogP contribution is -1.95. The molecule has 0 spiro atoms. The van der Waals surface area contributed by atoms with Crippen molar-refractivity contribution in [3.8, 4) is 22.4 Å². The molecule has 2 nitrogen and oxygen atoms in total. The van der Waals surface area contributed by atoms with E-state index in [1.165, 1.54) is 16.5 Å². The minimum atomic E-state index is 0.928. The van der Waals surface area contributed by atoms with Gasteiger partial charge in [-0.15, -0.1) is 0 Å². The first kappa shape index (κ1) is 15.7. The fraction of sp³-hybridized carbons (Fsp3) is 0.0400. The van der Waals surface area contributed by atoms with Crippen LogP contribution in [-0.2, 0) is 0 Å². The van der Waals surface area contributed by atoms with Gasteiger partial charge in [0.25, 0.3) is 0 Å². The zero-order valence-corrected chi connectivity index (χ0v) is 15.1. The molecule has 0 fully saturated rings. The van der Waals surface area contributed by atoms with Crippen LogP contribution in [0.3, 0.4) is 0 Å². The van der Waals surface area contributed by atoms with Crippen molar-refractivity contribution in [2.75, 3.05) is 0 Å². The van der Waals surface area contributed by atoms with Crippen LogP contribution in [0.25, 0.3) is 44.2 Å². The summed E-state index contributed by atoms with van der Waals surface area (Å²) in [6, 6.07) is 31.4. The Bertz CT molecular complexity index is 1260. The topological polar surface area (TPSA) is 25.8 Å². The third-order valence-electron chi connectivity index (χ3n) is 5.00. The maximum atomic E-state index is 4.95. The Balaban J connectivity index is 1.78. The Kier molecular flexibility index (Phi) is 3.68. The Morgan fingerprint density at radius 1 is 0.556 bits per heavy atom. The van der Waals surface area contributed by atoms with E-state index < -0.39 is 0 Å². The van der Waals surface area contributed by atoms with Crippen LogP contribution in [-0.4, -0.2) is 9.97 Å². The van der Waals surface area contributed by atoms with E-state index in [2.05, 4.69) is 66.7 Å². The molecule has 0 aliphatic carbocycles. The second-order valence-electron chi connectivity index (χ2n) is 6.72. The van der Waals surface area contributed by atoms with Crippen LogP contribution < -0.4 is 0 Å². The van der Waals surface area contributed by atoms with E-state index in [1.807, 2.05) is 31.2 Å². The van der Waals surface area contributed by atoms with Gasteiger partial charge in [0, 0.05) is 10.9 Å². The molecule has 5 rings (SSSR count). The standard InChI is InChI=1S/C25H18N2/c1-17-24(19-11-6-3-7-12-19)27-23-16-15-21-20(18-9-4-2-5-10-18)13-8-14-22(21)25(23)26-17/h2-16H,1H3. The zero-order chi connectivity index (χ0) is 18.2. The van der Waals surface area contributed by atoms with E-state index in [0.717, 1.165) is 33.4 Å². The predicted octanol–water partition coefficient (Wildman–Crippen LogP) is 6.43. The molecule has 0 atom stereocenters. The van der Waals surface area contributed by atoms with E-state index in [-0.39, 0.29) is 0 Å². The highest BCUT2D eigenvalue weighted by atomic mass is 14.8. The molecule has 0 radical (unpaired) electrons. The number of aryl methyl sites for hydroxylation is 1. The monoisotopic (exact) mass is 346 g/mol. The second-order valence-corrected chi connectivity index (χ2v) is 6.72. The van der Waals surface area contributed by atoms with Gasteiger partial charge in [-0.1, -0.05) is 84.9 Å². The quantitative estimate of drug-likeness (QED) is 0.344. The summed E-state index contributed by atoms with van der Waals surface area (Å²) in [5.41, 5.74) is 7.32. The summed E-state index contributed by atoms with van der Waals surface area (Å²) < 4.78 is 0. The lowest BCUT2D eigenvalue weighted by molar-refractivity contribution is 1.19. The Morgan fingerprint density at radius 2 is 1.26 bits per heavy atom. The number of fused-ring (bicyclic) bond motifs is 3. The van der Waals surface area contributed by atoms with Crippen LogP contribution in [0.5, 0.6) is 0 Å². The molecule has 0 aliphatic rings. The van der Waals surface area contributed by atoms with Gasteiger partial charge in [0.2, 0.25) is 0 Å². The Hall–Kier alpha value is -3.52. The van der Waals surface area contributed by atoms with Gasteiger partial charge in [0.05, 0.1) is 22.4 Å². The Labute approximate surface area is 158 Å². The molecule has 0 amide bonds. The lowest BCUT2D eigenvalue weighted by Gasteiger charge is -2.11. The molecule has 0 N–H and O–H groups in total. The third-order valence-corrected chi connectivity index (χ3v) is 5.00. The van der Waals surface area contributed by atoms with Gasteiger partial charge in [-0.25, -0.2) is 9.97 Å². The summed E-state index contributed by atoms with van der Waals surface area (Å²) in [6.07, 6.45) is 0. The number of hydrogen-bond acceptors (Lipinski definition) is 2. The van der Waals surface area contributed by atoms with E-state index in [4.69, 9.17) is 9.97 Å². The van der Waals surface area contributed by atoms with Crippen molar-refractivity contribution in [3.63, 3.8) is 0 Å². The van der Waals surface area contributed by atoms with Gasteiger partial charge >= 0.3 is 0 Å². The van der Waals surface area contributed by atoms with Crippen molar-refractivity contribution in [3.05, 3.63) is 96.7 Å². The van der Waals surface area contributed by atoms with Crippen LogP contribution >= 0.6 is 0 Å². The van der Waals surface area contributed by atoms with Gasteiger partial charge < -0.3 is 0 Å². The van der Waals surface area contributed by atoms with Crippen LogP contribution in [0.15, 0.2) is 91.0 Å². The minimum Gasteiger partial charge on any atom is -0.249 e. The summed E-state index contributed by atoms with van der Waals surface area (Å²) in [5, 5.41) is 2.35. The maximum absolute atomic E-state index is 4.95. The highest BCUT2D eigenvalue weighted by molar-refractivity contribution is 6.09. The Morgan fingerprint density at radius 3 is 2.00 bits per heavy atom. The number of rotatable bonds is 2. The molecule has 5 aromatic rings. The van der Waals surface area contributed by atoms with E-state index in [1.54, 1.807) is 0 Å². The second kappa shape index (κ2) is 6.33. The van der Waals surface area contributed by atoms with Crippen LogP contribution in [0, 0.1) is 6.92 Å². The zero-order valence-electron chi connectivity index (χ0n) is 15.1. The molecule has 128 valence electrons. The fourth-order valence-corrected chi connectivity index (χ4v) is 3.70. The highest BCUT2D eigenvalue weighted by Crippen LogP contribution is 2.33. The van der Waals surface area contributed by atoms with Crippen molar-refractivity contribution < 1.29 is 0 Å². The summed E-state index contributed by atoms with van der Waals surface area (Å²) in [4.78, 5) is 9.89. The van der Waals surface area contributed by atoms with E-state index in [9.17, 15) is 0 Å². The van der Waals surface area contributed by atoms with Gasteiger partial charge in [-0.3, -0.25) is 0 Å². The predicted molar refractivity (Wildman–Crippen MR) is 113 cm³/mol. The molecule has 27 heavy (non-hydrogen) atoms. The average molecular weight is 346 g/mol. The number of hydrogen-bond donors (Lipinski definition) is 0. The highest BCUT2D eigenvalue weighted by Gasteiger charge is 2.12. The number of aromatic nitrogens is 2. The SMILES string of the molecule is Cc1nc2c(ccc3c(-c4ccccc4)cccc32)nc1-c1ccccc1. The first-order valence-electron chi connectivity index (χ1n) is 9.12. The summed E-state index contributed by atoms with van der Waals surface area (Å²) in [6.45, 7) is 2.04. The summed E-state index contributed by atoms with van der Waals surface area (Å²) in [7, 11) is 0.